The van der Waals surface area contributed by atoms with Gasteiger partial charge in [0.15, 0.2) is 11.0 Å². The Labute approximate surface area is 187 Å². The van der Waals surface area contributed by atoms with Gasteiger partial charge in [0.2, 0.25) is 5.91 Å². The molecule has 0 saturated heterocycles. The zero-order chi connectivity index (χ0) is 21.5. The molecule has 0 unspecified atom stereocenters. The molecule has 10 heteroatoms. The highest BCUT2D eigenvalue weighted by atomic mass is 35.5. The quantitative estimate of drug-likeness (QED) is 0.459. The van der Waals surface area contributed by atoms with Gasteiger partial charge in [0.1, 0.15) is 18.2 Å². The molecule has 3 rings (SSSR count). The Morgan fingerprint density at radius 2 is 1.97 bits per heavy atom. The molecule has 0 saturated carbocycles. The summed E-state index contributed by atoms with van der Waals surface area (Å²) in [6.45, 7) is 3.10. The molecule has 1 heterocycles. The molecule has 1 aromatic heterocycles. The van der Waals surface area contributed by atoms with Gasteiger partial charge in [-0.1, -0.05) is 47.1 Å². The van der Waals surface area contributed by atoms with Gasteiger partial charge in [-0.2, -0.15) is 0 Å². The predicted molar refractivity (Wildman–Crippen MR) is 115 cm³/mol. The summed E-state index contributed by atoms with van der Waals surface area (Å²) in [5.41, 5.74) is 0.966. The fourth-order valence-electron chi connectivity index (χ4n) is 2.57. The van der Waals surface area contributed by atoms with E-state index in [2.05, 4.69) is 15.5 Å². The average Bonchev–Trinajstić information content (AvgIpc) is 3.13. The first-order valence-electron chi connectivity index (χ1n) is 9.10. The van der Waals surface area contributed by atoms with Gasteiger partial charge >= 0.3 is 0 Å². The monoisotopic (exact) mass is 468 g/mol. The highest BCUT2D eigenvalue weighted by Gasteiger charge is 2.14. The average molecular weight is 469 g/mol. The smallest absolute Gasteiger partial charge is 0.230 e. The van der Waals surface area contributed by atoms with Crippen LogP contribution < -0.4 is 10.1 Å². The van der Waals surface area contributed by atoms with E-state index in [4.69, 9.17) is 27.9 Å². The van der Waals surface area contributed by atoms with E-state index in [-0.39, 0.29) is 23.3 Å². The summed E-state index contributed by atoms with van der Waals surface area (Å²) >= 11 is 13.1. The third-order valence-corrected chi connectivity index (χ3v) is 5.61. The van der Waals surface area contributed by atoms with Crippen LogP contribution in [0.5, 0.6) is 5.75 Å². The van der Waals surface area contributed by atoms with Gasteiger partial charge in [0.05, 0.1) is 10.8 Å². The molecule has 1 N–H and O–H groups in total. The molecule has 158 valence electrons. The summed E-state index contributed by atoms with van der Waals surface area (Å²) in [6, 6.07) is 11.2. The van der Waals surface area contributed by atoms with Gasteiger partial charge in [-0.3, -0.25) is 4.79 Å². The first kappa shape index (κ1) is 22.4. The first-order valence-corrected chi connectivity index (χ1v) is 10.8. The van der Waals surface area contributed by atoms with Gasteiger partial charge in [0, 0.05) is 18.1 Å². The fraction of sp³-hybridized carbons (Fsp3) is 0.250. The van der Waals surface area contributed by atoms with Crippen molar-refractivity contribution in [1.82, 2.24) is 20.1 Å². The Bertz CT molecular complexity index is 1010. The number of benzene rings is 2. The largest absolute Gasteiger partial charge is 0.484 e. The van der Waals surface area contributed by atoms with Crippen LogP contribution in [0.15, 0.2) is 47.6 Å². The normalized spacial score (nSPS) is 10.8. The van der Waals surface area contributed by atoms with Crippen molar-refractivity contribution in [2.24, 2.45) is 0 Å². The summed E-state index contributed by atoms with van der Waals surface area (Å²) < 4.78 is 20.6. The van der Waals surface area contributed by atoms with Crippen LogP contribution in [0.3, 0.4) is 0 Å². The number of amides is 1. The molecule has 0 spiro atoms. The van der Waals surface area contributed by atoms with E-state index < -0.39 is 5.82 Å². The summed E-state index contributed by atoms with van der Waals surface area (Å²) in [5.74, 6) is 0.603. The lowest BCUT2D eigenvalue weighted by molar-refractivity contribution is -0.118. The van der Waals surface area contributed by atoms with Crippen LogP contribution in [0, 0.1) is 5.82 Å². The van der Waals surface area contributed by atoms with E-state index in [0.717, 1.165) is 5.56 Å². The molecule has 30 heavy (non-hydrogen) atoms. The van der Waals surface area contributed by atoms with E-state index in [1.165, 1.54) is 30.0 Å². The molecule has 0 atom stereocenters. The minimum absolute atomic E-state index is 0.114. The van der Waals surface area contributed by atoms with E-state index in [9.17, 15) is 9.18 Å². The lowest BCUT2D eigenvalue weighted by Gasteiger charge is -2.10. The van der Waals surface area contributed by atoms with Gasteiger partial charge in [-0.25, -0.2) is 4.39 Å². The number of nitrogens with one attached hydrogen (secondary N) is 1. The number of nitrogens with zero attached hydrogens (tertiary/aromatic N) is 3. The van der Waals surface area contributed by atoms with Gasteiger partial charge in [-0.15, -0.1) is 10.2 Å². The van der Waals surface area contributed by atoms with Crippen LogP contribution in [0.2, 0.25) is 10.0 Å². The van der Waals surface area contributed by atoms with Crippen molar-refractivity contribution in [3.8, 4) is 5.75 Å². The molecule has 0 aliphatic rings. The van der Waals surface area contributed by atoms with Crippen LogP contribution in [0.1, 0.15) is 18.3 Å². The predicted octanol–water partition coefficient (Wildman–Crippen LogP) is 4.73. The third kappa shape index (κ3) is 6.10. The van der Waals surface area contributed by atoms with Crippen LogP contribution in [-0.4, -0.2) is 26.4 Å². The summed E-state index contributed by atoms with van der Waals surface area (Å²) in [7, 11) is 0. The standard InChI is InChI=1S/C20H19Cl2FN4O2S/c1-2-27-18(11-29-17-8-7-15(23)9-16(17)22)25-26-20(27)30-12-19(28)24-10-13-3-5-14(21)6-4-13/h3-9H,2,10-12H2,1H3,(H,24,28). The van der Waals surface area contributed by atoms with Crippen molar-refractivity contribution in [2.45, 2.75) is 31.8 Å². The lowest BCUT2D eigenvalue weighted by Crippen LogP contribution is -2.24. The van der Waals surface area contributed by atoms with Crippen molar-refractivity contribution in [1.29, 1.82) is 0 Å². The number of carbonyl (C=O) groups excluding carboxylic acids is 1. The van der Waals surface area contributed by atoms with E-state index in [1.807, 2.05) is 23.6 Å². The fourth-order valence-corrected chi connectivity index (χ4v) is 3.77. The lowest BCUT2D eigenvalue weighted by atomic mass is 10.2. The summed E-state index contributed by atoms with van der Waals surface area (Å²) in [5, 5.41) is 12.6. The minimum Gasteiger partial charge on any atom is -0.484 e. The van der Waals surface area contributed by atoms with Crippen molar-refractivity contribution in [2.75, 3.05) is 5.75 Å². The maximum absolute atomic E-state index is 13.1. The molecule has 0 aliphatic heterocycles. The van der Waals surface area contributed by atoms with Crippen molar-refractivity contribution < 1.29 is 13.9 Å². The first-order chi connectivity index (χ1) is 14.5. The molecule has 0 aliphatic carbocycles. The van der Waals surface area contributed by atoms with Crippen molar-refractivity contribution >= 4 is 40.9 Å². The van der Waals surface area contributed by atoms with E-state index in [1.54, 1.807) is 12.1 Å². The van der Waals surface area contributed by atoms with Gasteiger partial charge in [0.25, 0.3) is 0 Å². The number of hydrogen-bond acceptors (Lipinski definition) is 5. The maximum atomic E-state index is 13.1. The second-order valence-corrected chi connectivity index (χ2v) is 7.98. The molecule has 6 nitrogen and oxygen atoms in total. The number of carbonyl (C=O) groups is 1. The summed E-state index contributed by atoms with van der Waals surface area (Å²) in [4.78, 5) is 12.2. The minimum atomic E-state index is -0.433. The zero-order valence-corrected chi connectivity index (χ0v) is 18.4. The molecule has 1 amide bonds. The number of halogens is 3. The number of hydrogen-bond donors (Lipinski definition) is 1. The Morgan fingerprint density at radius 1 is 1.20 bits per heavy atom. The van der Waals surface area contributed by atoms with Crippen molar-refractivity contribution in [3.05, 3.63) is 69.7 Å². The zero-order valence-electron chi connectivity index (χ0n) is 16.1. The number of aromatic nitrogens is 3. The number of thioether (sulfide) groups is 1. The molecule has 0 fully saturated rings. The highest BCUT2D eigenvalue weighted by Crippen LogP contribution is 2.26. The molecule has 2 aromatic carbocycles. The van der Waals surface area contributed by atoms with Crippen LogP contribution >= 0.6 is 35.0 Å². The molecule has 0 radical (unpaired) electrons. The van der Waals surface area contributed by atoms with Gasteiger partial charge < -0.3 is 14.6 Å². The topological polar surface area (TPSA) is 69.0 Å². The number of rotatable bonds is 9. The molecule has 0 bridgehead atoms. The van der Waals surface area contributed by atoms with Gasteiger partial charge in [-0.05, 0) is 42.8 Å². The van der Waals surface area contributed by atoms with E-state index in [0.29, 0.717) is 34.8 Å². The van der Waals surface area contributed by atoms with Crippen LogP contribution in [-0.2, 0) is 24.5 Å². The van der Waals surface area contributed by atoms with E-state index >= 15 is 0 Å². The Hall–Kier alpha value is -2.29. The number of ether oxygens (including phenoxy) is 1. The molecular formula is C20H19Cl2FN4O2S. The Morgan fingerprint density at radius 3 is 2.67 bits per heavy atom. The second kappa shape index (κ2) is 10.7. The molecule has 3 aromatic rings. The Balaban J connectivity index is 1.53. The summed E-state index contributed by atoms with van der Waals surface area (Å²) in [6.07, 6.45) is 0. The molecular weight excluding hydrogens is 450 g/mol. The second-order valence-electron chi connectivity index (χ2n) is 6.20. The SMILES string of the molecule is CCn1c(COc2ccc(F)cc2Cl)nnc1SCC(=O)NCc1ccc(Cl)cc1. The highest BCUT2D eigenvalue weighted by molar-refractivity contribution is 7.99. The maximum Gasteiger partial charge on any atom is 0.230 e. The Kier molecular flexibility index (Phi) is 7.95. The van der Waals surface area contributed by atoms with Crippen LogP contribution in [0.4, 0.5) is 4.39 Å². The van der Waals surface area contributed by atoms with Crippen LogP contribution in [0.25, 0.3) is 0 Å². The third-order valence-electron chi connectivity index (χ3n) is 4.10. The van der Waals surface area contributed by atoms with Crippen molar-refractivity contribution in [3.63, 3.8) is 0 Å².